The molecule has 0 aromatic rings. The fourth-order valence-corrected chi connectivity index (χ4v) is 3.44. The molecule has 1 rings (SSSR count). The Hall–Kier alpha value is -0.120. The molecule has 3 nitrogen and oxygen atoms in total. The molecule has 0 bridgehead atoms. The molecule has 3 heteroatoms. The summed E-state index contributed by atoms with van der Waals surface area (Å²) in [6.07, 6.45) is 11.2. The minimum absolute atomic E-state index is 0.0169. The Labute approximate surface area is 119 Å². The predicted molar refractivity (Wildman–Crippen MR) is 81.9 cm³/mol. The van der Waals surface area contributed by atoms with Crippen molar-refractivity contribution < 1.29 is 4.74 Å². The van der Waals surface area contributed by atoms with Crippen LogP contribution < -0.4 is 11.3 Å². The molecule has 0 heterocycles. The second-order valence-electron chi connectivity index (χ2n) is 6.46. The Bertz CT molecular complexity index is 223. The quantitative estimate of drug-likeness (QED) is 0.401. The lowest BCUT2D eigenvalue weighted by Crippen LogP contribution is -2.54. The van der Waals surface area contributed by atoms with Gasteiger partial charge < -0.3 is 4.74 Å². The first-order chi connectivity index (χ1) is 9.14. The Morgan fingerprint density at radius 3 is 2.21 bits per heavy atom. The second kappa shape index (κ2) is 8.93. The molecule has 0 aromatic heterocycles. The van der Waals surface area contributed by atoms with Crippen molar-refractivity contribution in [3.05, 3.63) is 0 Å². The standard InChI is InChI=1S/C16H34N2O/c1-4-19-16(12-7-5-6-8-13-16)15(18-17)11-9-10-14(2)3/h14-15,18H,4-13,17H2,1-3H3. The highest BCUT2D eigenvalue weighted by Gasteiger charge is 2.38. The van der Waals surface area contributed by atoms with Gasteiger partial charge in [0.25, 0.3) is 0 Å². The third-order valence-electron chi connectivity index (χ3n) is 4.49. The molecule has 1 aliphatic rings. The third kappa shape index (κ3) is 5.41. The molecule has 0 aromatic carbocycles. The van der Waals surface area contributed by atoms with Crippen molar-refractivity contribution in [1.82, 2.24) is 5.43 Å². The van der Waals surface area contributed by atoms with Crippen LogP contribution in [0.1, 0.15) is 78.6 Å². The van der Waals surface area contributed by atoms with Crippen molar-refractivity contribution in [2.24, 2.45) is 11.8 Å². The molecule has 1 fully saturated rings. The van der Waals surface area contributed by atoms with Gasteiger partial charge >= 0.3 is 0 Å². The summed E-state index contributed by atoms with van der Waals surface area (Å²) in [6, 6.07) is 0.310. The van der Waals surface area contributed by atoms with E-state index in [1.54, 1.807) is 0 Å². The van der Waals surface area contributed by atoms with Gasteiger partial charge in [0.05, 0.1) is 11.6 Å². The molecule has 1 atom stereocenters. The number of hydrazine groups is 1. The smallest absolute Gasteiger partial charge is 0.0848 e. The topological polar surface area (TPSA) is 47.3 Å². The fourth-order valence-electron chi connectivity index (χ4n) is 3.44. The minimum Gasteiger partial charge on any atom is -0.374 e. The van der Waals surface area contributed by atoms with E-state index in [4.69, 9.17) is 10.6 Å². The van der Waals surface area contributed by atoms with Crippen molar-refractivity contribution >= 4 is 0 Å². The summed E-state index contributed by atoms with van der Waals surface area (Å²) in [6.45, 7) is 7.47. The largest absolute Gasteiger partial charge is 0.374 e. The Balaban J connectivity index is 2.63. The molecule has 0 aliphatic heterocycles. The van der Waals surface area contributed by atoms with E-state index in [-0.39, 0.29) is 5.60 Å². The molecular formula is C16H34N2O. The van der Waals surface area contributed by atoms with Gasteiger partial charge in [0.15, 0.2) is 0 Å². The van der Waals surface area contributed by atoms with Crippen LogP contribution in [-0.4, -0.2) is 18.2 Å². The molecular weight excluding hydrogens is 236 g/mol. The van der Waals surface area contributed by atoms with Gasteiger partial charge in [-0.2, -0.15) is 0 Å². The number of ether oxygens (including phenoxy) is 1. The van der Waals surface area contributed by atoms with Gasteiger partial charge in [0.1, 0.15) is 0 Å². The number of rotatable bonds is 8. The molecule has 3 N–H and O–H groups in total. The molecule has 0 saturated heterocycles. The SMILES string of the molecule is CCOC1(C(CCCC(C)C)NN)CCCCCC1. The Morgan fingerprint density at radius 2 is 1.74 bits per heavy atom. The molecule has 114 valence electrons. The van der Waals surface area contributed by atoms with E-state index in [1.165, 1.54) is 38.5 Å². The van der Waals surface area contributed by atoms with Crippen molar-refractivity contribution in [1.29, 1.82) is 0 Å². The van der Waals surface area contributed by atoms with Crippen LogP contribution in [0.4, 0.5) is 0 Å². The Morgan fingerprint density at radius 1 is 1.11 bits per heavy atom. The monoisotopic (exact) mass is 270 g/mol. The maximum atomic E-state index is 6.22. The van der Waals surface area contributed by atoms with Gasteiger partial charge in [0, 0.05) is 6.61 Å². The molecule has 1 unspecified atom stereocenters. The first-order valence-corrected chi connectivity index (χ1v) is 8.24. The summed E-state index contributed by atoms with van der Waals surface area (Å²) in [5.41, 5.74) is 3.06. The van der Waals surface area contributed by atoms with Crippen LogP contribution in [0, 0.1) is 5.92 Å². The first-order valence-electron chi connectivity index (χ1n) is 8.24. The van der Waals surface area contributed by atoms with E-state index in [1.807, 2.05) is 0 Å². The van der Waals surface area contributed by atoms with Gasteiger partial charge in [-0.25, -0.2) is 0 Å². The van der Waals surface area contributed by atoms with Gasteiger partial charge in [-0.1, -0.05) is 52.4 Å². The summed E-state index contributed by atoms with van der Waals surface area (Å²) in [7, 11) is 0. The molecule has 1 saturated carbocycles. The van der Waals surface area contributed by atoms with Crippen molar-refractivity contribution in [3.63, 3.8) is 0 Å². The Kier molecular flexibility index (Phi) is 7.96. The second-order valence-corrected chi connectivity index (χ2v) is 6.46. The summed E-state index contributed by atoms with van der Waals surface area (Å²) in [5.74, 6) is 6.63. The first kappa shape index (κ1) is 16.9. The van der Waals surface area contributed by atoms with Gasteiger partial charge in [0.2, 0.25) is 0 Å². The van der Waals surface area contributed by atoms with E-state index in [2.05, 4.69) is 26.2 Å². The average Bonchev–Trinajstić information content (AvgIpc) is 2.61. The minimum atomic E-state index is -0.0169. The lowest BCUT2D eigenvalue weighted by atomic mass is 9.83. The highest BCUT2D eigenvalue weighted by Crippen LogP contribution is 2.35. The molecule has 19 heavy (non-hydrogen) atoms. The summed E-state index contributed by atoms with van der Waals surface area (Å²) in [5, 5.41) is 0. The van der Waals surface area contributed by atoms with E-state index in [0.717, 1.165) is 31.8 Å². The summed E-state index contributed by atoms with van der Waals surface area (Å²) >= 11 is 0. The summed E-state index contributed by atoms with van der Waals surface area (Å²) < 4.78 is 6.22. The molecule has 0 spiro atoms. The molecule has 0 amide bonds. The number of hydrogen-bond acceptors (Lipinski definition) is 3. The zero-order valence-electron chi connectivity index (χ0n) is 13.2. The van der Waals surface area contributed by atoms with Crippen molar-refractivity contribution in [2.75, 3.05) is 6.61 Å². The zero-order chi connectivity index (χ0) is 14.1. The maximum Gasteiger partial charge on any atom is 0.0848 e. The highest BCUT2D eigenvalue weighted by atomic mass is 16.5. The van der Waals surface area contributed by atoms with Crippen LogP contribution in [0.5, 0.6) is 0 Å². The number of nitrogens with one attached hydrogen (secondary N) is 1. The average molecular weight is 270 g/mol. The fraction of sp³-hybridized carbons (Fsp3) is 1.00. The van der Waals surface area contributed by atoms with Gasteiger partial charge in [-0.05, 0) is 32.1 Å². The van der Waals surface area contributed by atoms with Gasteiger partial charge in [-0.3, -0.25) is 11.3 Å². The van der Waals surface area contributed by atoms with Crippen molar-refractivity contribution in [3.8, 4) is 0 Å². The summed E-state index contributed by atoms with van der Waals surface area (Å²) in [4.78, 5) is 0. The molecule has 1 aliphatic carbocycles. The lowest BCUT2D eigenvalue weighted by Gasteiger charge is -2.40. The normalized spacial score (nSPS) is 21.3. The highest BCUT2D eigenvalue weighted by molar-refractivity contribution is 4.93. The number of nitrogens with two attached hydrogens (primary N) is 1. The maximum absolute atomic E-state index is 6.22. The predicted octanol–water partition coefficient (Wildman–Crippen LogP) is 3.77. The zero-order valence-corrected chi connectivity index (χ0v) is 13.2. The van der Waals surface area contributed by atoms with E-state index in [9.17, 15) is 0 Å². The molecule has 0 radical (unpaired) electrons. The van der Waals surface area contributed by atoms with Gasteiger partial charge in [-0.15, -0.1) is 0 Å². The van der Waals surface area contributed by atoms with E-state index >= 15 is 0 Å². The van der Waals surface area contributed by atoms with Crippen LogP contribution >= 0.6 is 0 Å². The van der Waals surface area contributed by atoms with Crippen LogP contribution in [0.25, 0.3) is 0 Å². The van der Waals surface area contributed by atoms with E-state index < -0.39 is 0 Å². The van der Waals surface area contributed by atoms with E-state index in [0.29, 0.717) is 6.04 Å². The van der Waals surface area contributed by atoms with Crippen LogP contribution in [0.15, 0.2) is 0 Å². The lowest BCUT2D eigenvalue weighted by molar-refractivity contribution is -0.0791. The van der Waals surface area contributed by atoms with Crippen LogP contribution in [-0.2, 0) is 4.74 Å². The van der Waals surface area contributed by atoms with Crippen LogP contribution in [0.3, 0.4) is 0 Å². The third-order valence-corrected chi connectivity index (χ3v) is 4.49. The van der Waals surface area contributed by atoms with Crippen molar-refractivity contribution in [2.45, 2.75) is 90.2 Å². The number of hydrogen-bond donors (Lipinski definition) is 2. The van der Waals surface area contributed by atoms with Crippen LogP contribution in [0.2, 0.25) is 0 Å².